The molecule has 0 aromatic carbocycles. The van der Waals surface area contributed by atoms with Crippen molar-refractivity contribution in [1.82, 2.24) is 15.3 Å². The fraction of sp³-hybridized carbons (Fsp3) is 0.583. The van der Waals surface area contributed by atoms with Crippen LogP contribution in [0.2, 0.25) is 0 Å². The van der Waals surface area contributed by atoms with Crippen molar-refractivity contribution in [3.63, 3.8) is 0 Å². The van der Waals surface area contributed by atoms with Gasteiger partial charge in [0, 0.05) is 26.1 Å². The van der Waals surface area contributed by atoms with Crippen LogP contribution in [0.5, 0.6) is 0 Å². The van der Waals surface area contributed by atoms with Crippen LogP contribution in [-0.2, 0) is 11.2 Å². The van der Waals surface area contributed by atoms with E-state index in [2.05, 4.69) is 25.9 Å². The van der Waals surface area contributed by atoms with Crippen LogP contribution in [0.25, 0.3) is 0 Å². The van der Waals surface area contributed by atoms with Gasteiger partial charge >= 0.3 is 0 Å². The summed E-state index contributed by atoms with van der Waals surface area (Å²) >= 11 is 0. The highest BCUT2D eigenvalue weighted by Gasteiger charge is 2.12. The largest absolute Gasteiger partial charge is 0.373 e. The summed E-state index contributed by atoms with van der Waals surface area (Å²) in [6.45, 7) is 6.31. The zero-order valence-corrected chi connectivity index (χ0v) is 11.4. The maximum absolute atomic E-state index is 11.6. The third-order valence-corrected chi connectivity index (χ3v) is 2.45. The van der Waals surface area contributed by atoms with Crippen LogP contribution >= 0.6 is 0 Å². The maximum Gasteiger partial charge on any atom is 0.242 e. The van der Waals surface area contributed by atoms with Gasteiger partial charge in [0.15, 0.2) is 0 Å². The highest BCUT2D eigenvalue weighted by Crippen LogP contribution is 2.12. The van der Waals surface area contributed by atoms with Gasteiger partial charge in [0.2, 0.25) is 5.91 Å². The van der Waals surface area contributed by atoms with Gasteiger partial charge in [0.25, 0.3) is 0 Å². The first-order valence-electron chi connectivity index (χ1n) is 6.20. The van der Waals surface area contributed by atoms with Gasteiger partial charge in [0.1, 0.15) is 23.5 Å². The summed E-state index contributed by atoms with van der Waals surface area (Å²) in [5.41, 5.74) is 0. The van der Waals surface area contributed by atoms with Gasteiger partial charge in [-0.3, -0.25) is 4.79 Å². The third-order valence-electron chi connectivity index (χ3n) is 2.45. The minimum Gasteiger partial charge on any atom is -0.373 e. The molecule has 6 heteroatoms. The molecule has 0 aliphatic rings. The monoisotopic (exact) mass is 251 g/mol. The van der Waals surface area contributed by atoms with Crippen LogP contribution in [0.3, 0.4) is 0 Å². The number of aromatic nitrogens is 2. The average Bonchev–Trinajstić information content (AvgIpc) is 2.38. The smallest absolute Gasteiger partial charge is 0.242 e. The molecule has 1 heterocycles. The number of likely N-dealkylation sites (N-methyl/N-ethyl adjacent to an activating group) is 1. The molecule has 1 aromatic rings. The van der Waals surface area contributed by atoms with Crippen molar-refractivity contribution in [2.24, 2.45) is 0 Å². The molecule has 6 nitrogen and oxygen atoms in total. The number of hydrogen-bond acceptors (Lipinski definition) is 5. The van der Waals surface area contributed by atoms with E-state index in [9.17, 15) is 4.79 Å². The Balaban J connectivity index is 2.79. The molecule has 1 amide bonds. The first kappa shape index (κ1) is 14.2. The molecular weight excluding hydrogens is 230 g/mol. The van der Waals surface area contributed by atoms with Crippen LogP contribution in [0.1, 0.15) is 26.6 Å². The number of nitrogens with zero attached hydrogens (tertiary/aromatic N) is 2. The highest BCUT2D eigenvalue weighted by molar-refractivity contribution is 5.83. The summed E-state index contributed by atoms with van der Waals surface area (Å²) in [5, 5.41) is 8.81. The molecule has 0 fully saturated rings. The number of hydrogen-bond donors (Lipinski definition) is 3. The molecule has 0 spiro atoms. The molecule has 0 aliphatic carbocycles. The first-order chi connectivity index (χ1) is 8.60. The number of carbonyl (C=O) groups excluding carboxylic acids is 1. The number of aryl methyl sites for hydroxylation is 1. The predicted octanol–water partition coefficient (Wildman–Crippen LogP) is 1.02. The molecule has 100 valence electrons. The summed E-state index contributed by atoms with van der Waals surface area (Å²) in [7, 11) is 1.80. The molecule has 1 rings (SSSR count). The Morgan fingerprint density at radius 1 is 1.33 bits per heavy atom. The number of rotatable bonds is 6. The number of amides is 1. The van der Waals surface area contributed by atoms with E-state index in [-0.39, 0.29) is 11.9 Å². The SMILES string of the molecule is CCNC(=O)C(C)Nc1cc(NC)nc(CC)n1. The molecule has 0 radical (unpaired) electrons. The predicted molar refractivity (Wildman–Crippen MR) is 72.7 cm³/mol. The molecule has 0 bridgehead atoms. The standard InChI is InChI=1S/C12H21N5O/c1-5-9-16-10(13-4)7-11(17-9)15-8(3)12(18)14-6-2/h7-8H,5-6H2,1-4H3,(H,14,18)(H2,13,15,16,17). The van der Waals surface area contributed by atoms with E-state index < -0.39 is 0 Å². The molecular formula is C12H21N5O. The lowest BCUT2D eigenvalue weighted by Crippen LogP contribution is -2.37. The van der Waals surface area contributed by atoms with Crippen molar-refractivity contribution in [3.8, 4) is 0 Å². The number of anilines is 2. The molecule has 0 saturated heterocycles. The second-order valence-corrected chi connectivity index (χ2v) is 3.92. The number of nitrogens with one attached hydrogen (secondary N) is 3. The second kappa shape index (κ2) is 6.78. The van der Waals surface area contributed by atoms with E-state index in [1.165, 1.54) is 0 Å². The summed E-state index contributed by atoms with van der Waals surface area (Å²) in [6, 6.07) is 1.46. The summed E-state index contributed by atoms with van der Waals surface area (Å²) in [5.74, 6) is 2.10. The van der Waals surface area contributed by atoms with Crippen molar-refractivity contribution in [2.75, 3.05) is 24.2 Å². The molecule has 1 atom stereocenters. The fourth-order valence-electron chi connectivity index (χ4n) is 1.47. The van der Waals surface area contributed by atoms with Gasteiger partial charge in [-0.15, -0.1) is 0 Å². The lowest BCUT2D eigenvalue weighted by Gasteiger charge is -2.15. The summed E-state index contributed by atoms with van der Waals surface area (Å²) < 4.78 is 0. The maximum atomic E-state index is 11.6. The topological polar surface area (TPSA) is 78.9 Å². The molecule has 18 heavy (non-hydrogen) atoms. The quantitative estimate of drug-likeness (QED) is 0.703. The van der Waals surface area contributed by atoms with E-state index in [0.717, 1.165) is 18.1 Å². The highest BCUT2D eigenvalue weighted by atomic mass is 16.2. The Bertz CT molecular complexity index is 385. The fourth-order valence-corrected chi connectivity index (χ4v) is 1.47. The summed E-state index contributed by atoms with van der Waals surface area (Å²) in [4.78, 5) is 20.3. The normalized spacial score (nSPS) is 11.8. The second-order valence-electron chi connectivity index (χ2n) is 3.92. The number of carbonyl (C=O) groups is 1. The molecule has 1 aromatic heterocycles. The Morgan fingerprint density at radius 2 is 2.00 bits per heavy atom. The van der Waals surface area contributed by atoms with Gasteiger partial charge in [-0.1, -0.05) is 6.92 Å². The zero-order valence-electron chi connectivity index (χ0n) is 11.4. The van der Waals surface area contributed by atoms with Crippen LogP contribution in [-0.4, -0.2) is 35.5 Å². The van der Waals surface area contributed by atoms with E-state index >= 15 is 0 Å². The average molecular weight is 251 g/mol. The van der Waals surface area contributed by atoms with Crippen molar-refractivity contribution in [3.05, 3.63) is 11.9 Å². The van der Waals surface area contributed by atoms with Gasteiger partial charge in [-0.25, -0.2) is 9.97 Å². The van der Waals surface area contributed by atoms with E-state index in [1.54, 1.807) is 20.0 Å². The van der Waals surface area contributed by atoms with Gasteiger partial charge in [0.05, 0.1) is 0 Å². The van der Waals surface area contributed by atoms with Gasteiger partial charge in [-0.2, -0.15) is 0 Å². The van der Waals surface area contributed by atoms with Crippen molar-refractivity contribution < 1.29 is 4.79 Å². The van der Waals surface area contributed by atoms with Crippen LogP contribution in [0.15, 0.2) is 6.07 Å². The van der Waals surface area contributed by atoms with Gasteiger partial charge < -0.3 is 16.0 Å². The minimum atomic E-state index is -0.325. The molecule has 0 saturated carbocycles. The zero-order chi connectivity index (χ0) is 13.5. The first-order valence-corrected chi connectivity index (χ1v) is 6.20. The van der Waals surface area contributed by atoms with Crippen molar-refractivity contribution in [2.45, 2.75) is 33.2 Å². The Labute approximate surface area is 108 Å². The van der Waals surface area contributed by atoms with Crippen LogP contribution in [0, 0.1) is 0 Å². The van der Waals surface area contributed by atoms with Crippen molar-refractivity contribution >= 4 is 17.5 Å². The van der Waals surface area contributed by atoms with Crippen LogP contribution < -0.4 is 16.0 Å². The van der Waals surface area contributed by atoms with E-state index in [0.29, 0.717) is 12.4 Å². The van der Waals surface area contributed by atoms with E-state index in [1.807, 2.05) is 13.8 Å². The lowest BCUT2D eigenvalue weighted by molar-refractivity contribution is -0.121. The Hall–Kier alpha value is -1.85. The molecule has 3 N–H and O–H groups in total. The molecule has 0 aliphatic heterocycles. The summed E-state index contributed by atoms with van der Waals surface area (Å²) in [6.07, 6.45) is 0.750. The Kier molecular flexibility index (Phi) is 5.35. The Morgan fingerprint density at radius 3 is 2.56 bits per heavy atom. The third kappa shape index (κ3) is 3.87. The lowest BCUT2D eigenvalue weighted by atomic mass is 10.3. The van der Waals surface area contributed by atoms with E-state index in [4.69, 9.17) is 0 Å². The molecule has 1 unspecified atom stereocenters. The minimum absolute atomic E-state index is 0.0415. The van der Waals surface area contributed by atoms with Crippen molar-refractivity contribution in [1.29, 1.82) is 0 Å². The van der Waals surface area contributed by atoms with Crippen LogP contribution in [0.4, 0.5) is 11.6 Å². The van der Waals surface area contributed by atoms with Gasteiger partial charge in [-0.05, 0) is 13.8 Å².